The topological polar surface area (TPSA) is 55.6 Å². The van der Waals surface area contributed by atoms with Gasteiger partial charge in [-0.3, -0.25) is 4.79 Å². The molecule has 0 spiro atoms. The third-order valence-electron chi connectivity index (χ3n) is 3.85. The van der Waals surface area contributed by atoms with Gasteiger partial charge in [-0.2, -0.15) is 0 Å². The Balaban J connectivity index is 1.87. The van der Waals surface area contributed by atoms with Crippen molar-refractivity contribution in [2.24, 2.45) is 5.73 Å². The summed E-state index contributed by atoms with van der Waals surface area (Å²) < 4.78 is 5.85. The molecule has 1 aromatic rings. The molecule has 0 aromatic heterocycles. The van der Waals surface area contributed by atoms with Crippen LogP contribution in [-0.4, -0.2) is 37.6 Å². The number of nitrogens with two attached hydrogens (primary N) is 1. The first-order valence-corrected chi connectivity index (χ1v) is 7.36. The fraction of sp³-hybridized carbons (Fsp3) is 0.562. The van der Waals surface area contributed by atoms with Gasteiger partial charge in [0.15, 0.2) is 0 Å². The van der Waals surface area contributed by atoms with Crippen LogP contribution in [0.5, 0.6) is 0 Å². The van der Waals surface area contributed by atoms with Crippen LogP contribution in [0.25, 0.3) is 0 Å². The van der Waals surface area contributed by atoms with Crippen LogP contribution in [-0.2, 0) is 16.0 Å². The highest BCUT2D eigenvalue weighted by Crippen LogP contribution is 2.32. The summed E-state index contributed by atoms with van der Waals surface area (Å²) in [5.74, 6) is 0.0292. The summed E-state index contributed by atoms with van der Waals surface area (Å²) in [6, 6.07) is 8.37. The number of nitrogens with zero attached hydrogens (tertiary/aromatic N) is 1. The Morgan fingerprint density at radius 3 is 3.05 bits per heavy atom. The Labute approximate surface area is 120 Å². The summed E-state index contributed by atoms with van der Waals surface area (Å²) >= 11 is 0. The number of carbonyl (C=O) groups is 1. The molecule has 1 aliphatic rings. The molecule has 1 aromatic carbocycles. The van der Waals surface area contributed by atoms with Gasteiger partial charge in [0.25, 0.3) is 0 Å². The monoisotopic (exact) mass is 276 g/mol. The van der Waals surface area contributed by atoms with Crippen LogP contribution < -0.4 is 5.73 Å². The zero-order valence-electron chi connectivity index (χ0n) is 12.2. The van der Waals surface area contributed by atoms with Crippen molar-refractivity contribution in [2.45, 2.75) is 31.8 Å². The second-order valence-corrected chi connectivity index (χ2v) is 5.35. The van der Waals surface area contributed by atoms with Gasteiger partial charge >= 0.3 is 0 Å². The maximum absolute atomic E-state index is 12.0. The van der Waals surface area contributed by atoms with Crippen molar-refractivity contribution in [3.05, 3.63) is 35.4 Å². The molecule has 0 aliphatic heterocycles. The van der Waals surface area contributed by atoms with E-state index in [2.05, 4.69) is 18.2 Å². The molecule has 1 atom stereocenters. The van der Waals surface area contributed by atoms with Gasteiger partial charge in [0.05, 0.1) is 6.10 Å². The van der Waals surface area contributed by atoms with E-state index >= 15 is 0 Å². The van der Waals surface area contributed by atoms with Gasteiger partial charge in [0, 0.05) is 13.6 Å². The quantitative estimate of drug-likeness (QED) is 0.863. The number of amides is 1. The first-order chi connectivity index (χ1) is 9.72. The molecule has 0 fully saturated rings. The van der Waals surface area contributed by atoms with E-state index in [4.69, 9.17) is 10.5 Å². The van der Waals surface area contributed by atoms with Crippen LogP contribution in [0.15, 0.2) is 24.3 Å². The number of benzene rings is 1. The van der Waals surface area contributed by atoms with Gasteiger partial charge in [-0.05, 0) is 43.4 Å². The van der Waals surface area contributed by atoms with Gasteiger partial charge < -0.3 is 15.4 Å². The molecular formula is C16H24N2O2. The van der Waals surface area contributed by atoms with Crippen molar-refractivity contribution >= 4 is 5.91 Å². The van der Waals surface area contributed by atoms with Crippen LogP contribution in [0.4, 0.5) is 0 Å². The molecule has 20 heavy (non-hydrogen) atoms. The Bertz CT molecular complexity index is 448. The van der Waals surface area contributed by atoms with Crippen molar-refractivity contribution < 1.29 is 9.53 Å². The number of hydrogen-bond donors (Lipinski definition) is 1. The average molecular weight is 276 g/mol. The highest BCUT2D eigenvalue weighted by Gasteiger charge is 2.21. The molecule has 110 valence electrons. The highest BCUT2D eigenvalue weighted by molar-refractivity contribution is 5.77. The minimum Gasteiger partial charge on any atom is -0.364 e. The Hall–Kier alpha value is -1.39. The van der Waals surface area contributed by atoms with Crippen molar-refractivity contribution in [2.75, 3.05) is 26.7 Å². The number of rotatable bonds is 6. The Morgan fingerprint density at radius 1 is 1.45 bits per heavy atom. The molecule has 1 unspecified atom stereocenters. The molecule has 1 aliphatic carbocycles. The van der Waals surface area contributed by atoms with E-state index in [1.54, 1.807) is 11.9 Å². The largest absolute Gasteiger partial charge is 0.364 e. The zero-order chi connectivity index (χ0) is 14.4. The van der Waals surface area contributed by atoms with Crippen molar-refractivity contribution in [3.8, 4) is 0 Å². The van der Waals surface area contributed by atoms with Crippen molar-refractivity contribution in [3.63, 3.8) is 0 Å². The summed E-state index contributed by atoms with van der Waals surface area (Å²) in [6.45, 7) is 1.45. The zero-order valence-corrected chi connectivity index (χ0v) is 12.2. The number of aryl methyl sites for hydroxylation is 1. The molecule has 0 radical (unpaired) electrons. The number of carbonyl (C=O) groups excluding carboxylic acids is 1. The van der Waals surface area contributed by atoms with E-state index in [9.17, 15) is 4.79 Å². The summed E-state index contributed by atoms with van der Waals surface area (Å²) in [5, 5.41) is 0. The minimum absolute atomic E-state index is 0.0292. The van der Waals surface area contributed by atoms with E-state index < -0.39 is 0 Å². The first-order valence-electron chi connectivity index (χ1n) is 7.36. The van der Waals surface area contributed by atoms with Crippen molar-refractivity contribution in [1.29, 1.82) is 0 Å². The number of hydrogen-bond acceptors (Lipinski definition) is 3. The van der Waals surface area contributed by atoms with E-state index in [1.807, 2.05) is 6.07 Å². The minimum atomic E-state index is 0.0292. The van der Waals surface area contributed by atoms with E-state index in [1.165, 1.54) is 11.1 Å². The predicted octanol–water partition coefficient (Wildman–Crippen LogP) is 1.89. The molecule has 0 saturated heterocycles. The van der Waals surface area contributed by atoms with Crippen LogP contribution >= 0.6 is 0 Å². The third kappa shape index (κ3) is 3.81. The van der Waals surface area contributed by atoms with Crippen LogP contribution in [0.1, 0.15) is 36.5 Å². The fourth-order valence-electron chi connectivity index (χ4n) is 2.62. The van der Waals surface area contributed by atoms with E-state index in [0.717, 1.165) is 25.7 Å². The van der Waals surface area contributed by atoms with Crippen LogP contribution in [0, 0.1) is 0 Å². The Kier molecular flexibility index (Phi) is 5.56. The number of likely N-dealkylation sites (N-methyl/N-ethyl adjacent to an activating group) is 1. The third-order valence-corrected chi connectivity index (χ3v) is 3.85. The Morgan fingerprint density at radius 2 is 2.25 bits per heavy atom. The molecular weight excluding hydrogens is 252 g/mol. The summed E-state index contributed by atoms with van der Waals surface area (Å²) in [4.78, 5) is 13.7. The van der Waals surface area contributed by atoms with Crippen LogP contribution in [0.3, 0.4) is 0 Å². The maximum atomic E-state index is 12.0. The lowest BCUT2D eigenvalue weighted by molar-refractivity contribution is -0.137. The second kappa shape index (κ2) is 7.41. The SMILES string of the molecule is CN(CCCN)C(=O)COC1CCCc2ccccc21. The summed E-state index contributed by atoms with van der Waals surface area (Å²) in [7, 11) is 1.80. The highest BCUT2D eigenvalue weighted by atomic mass is 16.5. The lowest BCUT2D eigenvalue weighted by Crippen LogP contribution is -2.32. The standard InChI is InChI=1S/C16H24N2O2/c1-18(11-5-10-17)16(19)12-20-15-9-4-7-13-6-2-3-8-14(13)15/h2-3,6,8,15H,4-5,7,9-12,17H2,1H3. The molecule has 1 amide bonds. The van der Waals surface area contributed by atoms with Gasteiger partial charge in [0.1, 0.15) is 6.61 Å². The normalized spacial score (nSPS) is 17.6. The van der Waals surface area contributed by atoms with Gasteiger partial charge in [0.2, 0.25) is 5.91 Å². The van der Waals surface area contributed by atoms with Gasteiger partial charge in [-0.1, -0.05) is 24.3 Å². The molecule has 0 bridgehead atoms. The fourth-order valence-corrected chi connectivity index (χ4v) is 2.62. The number of fused-ring (bicyclic) bond motifs is 1. The summed E-state index contributed by atoms with van der Waals surface area (Å²) in [5.41, 5.74) is 8.05. The maximum Gasteiger partial charge on any atom is 0.248 e. The molecule has 0 heterocycles. The lowest BCUT2D eigenvalue weighted by Gasteiger charge is -2.26. The first kappa shape index (κ1) is 15.0. The van der Waals surface area contributed by atoms with Crippen molar-refractivity contribution in [1.82, 2.24) is 4.90 Å². The molecule has 0 saturated carbocycles. The number of ether oxygens (including phenoxy) is 1. The van der Waals surface area contributed by atoms with Gasteiger partial charge in [-0.15, -0.1) is 0 Å². The van der Waals surface area contributed by atoms with E-state index in [-0.39, 0.29) is 18.6 Å². The lowest BCUT2D eigenvalue weighted by atomic mass is 9.89. The predicted molar refractivity (Wildman–Crippen MR) is 79.4 cm³/mol. The molecule has 2 N–H and O–H groups in total. The molecule has 4 nitrogen and oxygen atoms in total. The molecule has 2 rings (SSSR count). The molecule has 4 heteroatoms. The van der Waals surface area contributed by atoms with E-state index in [0.29, 0.717) is 13.1 Å². The average Bonchev–Trinajstić information content (AvgIpc) is 2.50. The summed E-state index contributed by atoms with van der Waals surface area (Å²) in [6.07, 6.45) is 4.12. The smallest absolute Gasteiger partial charge is 0.248 e. The second-order valence-electron chi connectivity index (χ2n) is 5.35. The van der Waals surface area contributed by atoms with Crippen LogP contribution in [0.2, 0.25) is 0 Å². The van der Waals surface area contributed by atoms with Gasteiger partial charge in [-0.25, -0.2) is 0 Å².